The summed E-state index contributed by atoms with van der Waals surface area (Å²) in [4.78, 5) is 0. The zero-order chi connectivity index (χ0) is 7.07. The van der Waals surface area contributed by atoms with Crippen LogP contribution >= 0.6 is 0 Å². The van der Waals surface area contributed by atoms with Gasteiger partial charge in [-0.25, -0.2) is 0 Å². The SMILES string of the molecule is CCC(C)(C)C1OC1N. The molecule has 0 aromatic carbocycles. The zero-order valence-electron chi connectivity index (χ0n) is 6.35. The van der Waals surface area contributed by atoms with E-state index in [0.717, 1.165) is 6.42 Å². The second-order valence-electron chi connectivity index (χ2n) is 3.36. The van der Waals surface area contributed by atoms with Gasteiger partial charge in [-0.1, -0.05) is 20.8 Å². The van der Waals surface area contributed by atoms with Gasteiger partial charge in [0.2, 0.25) is 0 Å². The van der Waals surface area contributed by atoms with Crippen molar-refractivity contribution in [2.24, 2.45) is 11.1 Å². The third-order valence-electron chi connectivity index (χ3n) is 2.21. The third kappa shape index (κ3) is 1.25. The molecule has 1 rings (SSSR count). The van der Waals surface area contributed by atoms with Gasteiger partial charge in [0.25, 0.3) is 0 Å². The second kappa shape index (κ2) is 1.96. The Bertz CT molecular complexity index is 111. The maximum atomic E-state index is 5.51. The van der Waals surface area contributed by atoms with E-state index in [0.29, 0.717) is 6.10 Å². The fourth-order valence-corrected chi connectivity index (χ4v) is 0.954. The van der Waals surface area contributed by atoms with Crippen LogP contribution in [0, 0.1) is 5.41 Å². The van der Waals surface area contributed by atoms with Crippen molar-refractivity contribution in [1.29, 1.82) is 0 Å². The van der Waals surface area contributed by atoms with E-state index >= 15 is 0 Å². The van der Waals surface area contributed by atoms with E-state index in [1.54, 1.807) is 0 Å². The van der Waals surface area contributed by atoms with E-state index in [9.17, 15) is 0 Å². The Balaban J connectivity index is 2.41. The van der Waals surface area contributed by atoms with Gasteiger partial charge in [-0.15, -0.1) is 0 Å². The minimum absolute atomic E-state index is 0.0138. The molecular weight excluding hydrogens is 114 g/mol. The average Bonchev–Trinajstić information content (AvgIpc) is 2.47. The van der Waals surface area contributed by atoms with E-state index in [4.69, 9.17) is 10.5 Å². The molecule has 9 heavy (non-hydrogen) atoms. The van der Waals surface area contributed by atoms with Gasteiger partial charge < -0.3 is 10.5 Å². The smallest absolute Gasteiger partial charge is 0.133 e. The molecule has 54 valence electrons. The largest absolute Gasteiger partial charge is 0.353 e. The first-order chi connectivity index (χ1) is 4.08. The highest BCUT2D eigenvalue weighted by atomic mass is 16.6. The van der Waals surface area contributed by atoms with Gasteiger partial charge in [0.05, 0.1) is 0 Å². The Hall–Kier alpha value is -0.0800. The highest BCUT2D eigenvalue weighted by Crippen LogP contribution is 2.37. The summed E-state index contributed by atoms with van der Waals surface area (Å²) in [5.41, 5.74) is 5.78. The van der Waals surface area contributed by atoms with Crippen LogP contribution in [-0.4, -0.2) is 12.3 Å². The summed E-state index contributed by atoms with van der Waals surface area (Å²) < 4.78 is 5.15. The van der Waals surface area contributed by atoms with Crippen molar-refractivity contribution in [1.82, 2.24) is 0 Å². The number of epoxide rings is 1. The molecule has 0 amide bonds. The van der Waals surface area contributed by atoms with Gasteiger partial charge in [-0.05, 0) is 11.8 Å². The van der Waals surface area contributed by atoms with Gasteiger partial charge in [-0.2, -0.15) is 0 Å². The monoisotopic (exact) mass is 129 g/mol. The van der Waals surface area contributed by atoms with Gasteiger partial charge in [0.1, 0.15) is 12.3 Å². The molecule has 0 aliphatic carbocycles. The first-order valence-electron chi connectivity index (χ1n) is 3.49. The molecule has 1 aliphatic heterocycles. The number of nitrogens with two attached hydrogens (primary N) is 1. The summed E-state index contributed by atoms with van der Waals surface area (Å²) in [7, 11) is 0. The molecule has 1 heterocycles. The first kappa shape index (κ1) is 7.03. The van der Waals surface area contributed by atoms with Crippen molar-refractivity contribution in [3.8, 4) is 0 Å². The van der Waals surface area contributed by atoms with Crippen LogP contribution in [0.2, 0.25) is 0 Å². The van der Waals surface area contributed by atoms with E-state index in [-0.39, 0.29) is 11.6 Å². The van der Waals surface area contributed by atoms with Crippen LogP contribution in [0.15, 0.2) is 0 Å². The summed E-state index contributed by atoms with van der Waals surface area (Å²) in [6.45, 7) is 6.53. The standard InChI is InChI=1S/C7H15NO/c1-4-7(2,3)5-6(8)9-5/h5-6H,4,8H2,1-3H3. The number of rotatable bonds is 2. The molecule has 0 bridgehead atoms. The lowest BCUT2D eigenvalue weighted by Crippen LogP contribution is -2.22. The molecule has 2 N–H and O–H groups in total. The lowest BCUT2D eigenvalue weighted by atomic mass is 9.86. The topological polar surface area (TPSA) is 38.5 Å². The highest BCUT2D eigenvalue weighted by molar-refractivity contribution is 4.91. The van der Waals surface area contributed by atoms with Crippen LogP contribution in [0.5, 0.6) is 0 Å². The van der Waals surface area contributed by atoms with Gasteiger partial charge >= 0.3 is 0 Å². The normalized spacial score (nSPS) is 34.7. The van der Waals surface area contributed by atoms with Gasteiger partial charge in [0, 0.05) is 0 Å². The van der Waals surface area contributed by atoms with Crippen molar-refractivity contribution in [3.63, 3.8) is 0 Å². The van der Waals surface area contributed by atoms with Gasteiger partial charge in [-0.3, -0.25) is 0 Å². The molecule has 1 aliphatic rings. The lowest BCUT2D eigenvalue weighted by molar-refractivity contribution is 0.233. The molecule has 1 fully saturated rings. The van der Waals surface area contributed by atoms with Crippen molar-refractivity contribution >= 4 is 0 Å². The lowest BCUT2D eigenvalue weighted by Gasteiger charge is -2.18. The Morgan fingerprint density at radius 1 is 1.56 bits per heavy atom. The predicted molar refractivity (Wildman–Crippen MR) is 36.9 cm³/mol. The van der Waals surface area contributed by atoms with E-state index in [1.807, 2.05) is 0 Å². The minimum Gasteiger partial charge on any atom is -0.353 e. The van der Waals surface area contributed by atoms with E-state index in [2.05, 4.69) is 20.8 Å². The summed E-state index contributed by atoms with van der Waals surface area (Å²) in [6, 6.07) is 0. The molecule has 2 unspecified atom stereocenters. The maximum Gasteiger partial charge on any atom is 0.133 e. The number of ether oxygens (including phenoxy) is 1. The Kier molecular flexibility index (Phi) is 1.53. The Labute approximate surface area is 56.4 Å². The van der Waals surface area contributed by atoms with Crippen molar-refractivity contribution in [2.45, 2.75) is 39.5 Å². The predicted octanol–water partition coefficient (Wildman–Crippen LogP) is 1.11. The van der Waals surface area contributed by atoms with Gasteiger partial charge in [0.15, 0.2) is 0 Å². The van der Waals surface area contributed by atoms with E-state index in [1.165, 1.54) is 0 Å². The van der Waals surface area contributed by atoms with Crippen molar-refractivity contribution in [2.75, 3.05) is 0 Å². The average molecular weight is 129 g/mol. The fraction of sp³-hybridized carbons (Fsp3) is 1.00. The van der Waals surface area contributed by atoms with Crippen LogP contribution in [0.3, 0.4) is 0 Å². The first-order valence-corrected chi connectivity index (χ1v) is 3.49. The highest BCUT2D eigenvalue weighted by Gasteiger charge is 2.46. The number of hydrogen-bond acceptors (Lipinski definition) is 2. The molecule has 2 atom stereocenters. The Morgan fingerprint density at radius 3 is 2.11 bits per heavy atom. The fourth-order valence-electron chi connectivity index (χ4n) is 0.954. The number of hydrogen-bond donors (Lipinski definition) is 1. The summed E-state index contributed by atoms with van der Waals surface area (Å²) in [6.07, 6.45) is 1.45. The van der Waals surface area contributed by atoms with Crippen molar-refractivity contribution in [3.05, 3.63) is 0 Å². The van der Waals surface area contributed by atoms with E-state index < -0.39 is 0 Å². The quantitative estimate of drug-likeness (QED) is 0.567. The molecule has 1 saturated heterocycles. The summed E-state index contributed by atoms with van der Waals surface area (Å²) in [5.74, 6) is 0. The van der Waals surface area contributed by atoms with Crippen molar-refractivity contribution < 1.29 is 4.74 Å². The molecule has 2 nitrogen and oxygen atoms in total. The summed E-state index contributed by atoms with van der Waals surface area (Å²) >= 11 is 0. The molecule has 2 heteroatoms. The molecule has 0 radical (unpaired) electrons. The molecular formula is C7H15NO. The summed E-state index contributed by atoms with van der Waals surface area (Å²) in [5, 5.41) is 0. The second-order valence-corrected chi connectivity index (χ2v) is 3.36. The van der Waals surface area contributed by atoms with Crippen LogP contribution < -0.4 is 5.73 Å². The maximum absolute atomic E-state index is 5.51. The van der Waals surface area contributed by atoms with Crippen LogP contribution in [0.25, 0.3) is 0 Å². The third-order valence-corrected chi connectivity index (χ3v) is 2.21. The Morgan fingerprint density at radius 2 is 2.00 bits per heavy atom. The minimum atomic E-state index is 0.0138. The zero-order valence-corrected chi connectivity index (χ0v) is 6.35. The van der Waals surface area contributed by atoms with Crippen LogP contribution in [0.4, 0.5) is 0 Å². The molecule has 0 aromatic rings. The molecule has 0 aromatic heterocycles. The van der Waals surface area contributed by atoms with Crippen LogP contribution in [-0.2, 0) is 4.74 Å². The van der Waals surface area contributed by atoms with Crippen LogP contribution in [0.1, 0.15) is 27.2 Å². The molecule has 0 spiro atoms. The molecule has 0 saturated carbocycles.